The van der Waals surface area contributed by atoms with Gasteiger partial charge in [-0.2, -0.15) is 5.10 Å². The third-order valence-electron chi connectivity index (χ3n) is 5.47. The summed E-state index contributed by atoms with van der Waals surface area (Å²) in [6.07, 6.45) is 8.80. The standard InChI is InChI=1S/C23H24N4O4/c1-15-13-30-21-10-19(25-26-23(15)21)18-7-6-16(9-20(18)31-14-28-2)17-11-24-27(12-17)22-5-3-4-8-29-22/h6-7,9-13,22H,3-5,8,14H2,1-2H3. The first-order valence-electron chi connectivity index (χ1n) is 10.4. The lowest BCUT2D eigenvalue weighted by Gasteiger charge is -2.22. The maximum absolute atomic E-state index is 5.87. The molecule has 1 atom stereocenters. The molecule has 0 radical (unpaired) electrons. The van der Waals surface area contributed by atoms with Crippen molar-refractivity contribution in [2.75, 3.05) is 20.5 Å². The monoisotopic (exact) mass is 420 g/mol. The van der Waals surface area contributed by atoms with Crippen LogP contribution in [0.5, 0.6) is 5.75 Å². The summed E-state index contributed by atoms with van der Waals surface area (Å²) in [4.78, 5) is 0. The van der Waals surface area contributed by atoms with Crippen LogP contribution in [0.4, 0.5) is 0 Å². The first-order valence-corrected chi connectivity index (χ1v) is 10.4. The van der Waals surface area contributed by atoms with E-state index in [0.717, 1.165) is 53.6 Å². The molecule has 31 heavy (non-hydrogen) atoms. The van der Waals surface area contributed by atoms with Gasteiger partial charge in [-0.05, 0) is 43.9 Å². The highest BCUT2D eigenvalue weighted by atomic mass is 16.7. The number of aromatic nitrogens is 4. The van der Waals surface area contributed by atoms with E-state index in [0.29, 0.717) is 17.0 Å². The Bertz CT molecular complexity index is 1190. The van der Waals surface area contributed by atoms with Gasteiger partial charge in [0, 0.05) is 42.7 Å². The number of hydrogen-bond acceptors (Lipinski definition) is 7. The maximum atomic E-state index is 5.87. The topological polar surface area (TPSA) is 84.4 Å². The normalized spacial score (nSPS) is 16.6. The number of benzene rings is 1. The SMILES string of the molecule is COCOc1cc(-c2cnn(C3CCCCO3)c2)ccc1-c1cc2occ(C)c2nn1. The fourth-order valence-electron chi connectivity index (χ4n) is 3.81. The summed E-state index contributed by atoms with van der Waals surface area (Å²) < 4.78 is 24.3. The van der Waals surface area contributed by atoms with Crippen LogP contribution < -0.4 is 4.74 Å². The molecule has 0 saturated carbocycles. The minimum absolute atomic E-state index is 0.00439. The van der Waals surface area contributed by atoms with Crippen LogP contribution in [0.25, 0.3) is 33.5 Å². The molecule has 0 bridgehead atoms. The van der Waals surface area contributed by atoms with Crippen molar-refractivity contribution in [3.8, 4) is 28.1 Å². The Morgan fingerprint density at radius 2 is 2.10 bits per heavy atom. The zero-order valence-electron chi connectivity index (χ0n) is 17.6. The summed E-state index contributed by atoms with van der Waals surface area (Å²) in [6.45, 7) is 2.85. The van der Waals surface area contributed by atoms with Crippen molar-refractivity contribution in [2.24, 2.45) is 0 Å². The third kappa shape index (κ3) is 3.92. The van der Waals surface area contributed by atoms with E-state index >= 15 is 0 Å². The molecule has 0 N–H and O–H groups in total. The molecule has 4 aromatic rings. The van der Waals surface area contributed by atoms with Crippen molar-refractivity contribution < 1.29 is 18.6 Å². The lowest BCUT2D eigenvalue weighted by molar-refractivity contribution is -0.0394. The average molecular weight is 420 g/mol. The molecule has 1 aliphatic rings. The first kappa shape index (κ1) is 19.7. The summed E-state index contributed by atoms with van der Waals surface area (Å²) in [5.74, 6) is 0.651. The summed E-state index contributed by atoms with van der Waals surface area (Å²) in [6, 6.07) is 7.84. The molecule has 8 heteroatoms. The van der Waals surface area contributed by atoms with Gasteiger partial charge in [0.25, 0.3) is 0 Å². The van der Waals surface area contributed by atoms with Crippen LogP contribution in [0.15, 0.2) is 47.3 Å². The molecule has 0 aliphatic carbocycles. The number of methoxy groups -OCH3 is 1. The second-order valence-corrected chi connectivity index (χ2v) is 7.65. The fraction of sp³-hybridized carbons (Fsp3) is 0.348. The van der Waals surface area contributed by atoms with Gasteiger partial charge in [0.1, 0.15) is 23.2 Å². The Balaban J connectivity index is 1.49. The Labute approximate surface area is 179 Å². The van der Waals surface area contributed by atoms with Gasteiger partial charge in [-0.25, -0.2) is 4.68 Å². The van der Waals surface area contributed by atoms with E-state index in [2.05, 4.69) is 15.3 Å². The van der Waals surface area contributed by atoms with E-state index in [4.69, 9.17) is 18.6 Å². The van der Waals surface area contributed by atoms with Crippen molar-refractivity contribution in [3.05, 3.63) is 48.5 Å². The van der Waals surface area contributed by atoms with Crippen LogP contribution in [-0.4, -0.2) is 40.5 Å². The third-order valence-corrected chi connectivity index (χ3v) is 5.47. The second kappa shape index (κ2) is 8.49. The number of furan rings is 1. The molecular weight excluding hydrogens is 396 g/mol. The molecule has 3 aromatic heterocycles. The Kier molecular flexibility index (Phi) is 5.40. The molecule has 160 valence electrons. The highest BCUT2D eigenvalue weighted by Gasteiger charge is 2.18. The van der Waals surface area contributed by atoms with Crippen molar-refractivity contribution >= 4 is 11.1 Å². The fourth-order valence-corrected chi connectivity index (χ4v) is 3.81. The molecule has 4 heterocycles. The molecule has 8 nitrogen and oxygen atoms in total. The second-order valence-electron chi connectivity index (χ2n) is 7.65. The van der Waals surface area contributed by atoms with E-state index in [1.165, 1.54) is 0 Å². The summed E-state index contributed by atoms with van der Waals surface area (Å²) in [5.41, 5.74) is 5.87. The minimum Gasteiger partial charge on any atom is -0.467 e. The van der Waals surface area contributed by atoms with Gasteiger partial charge in [0.15, 0.2) is 12.4 Å². The van der Waals surface area contributed by atoms with Crippen LogP contribution in [0, 0.1) is 6.92 Å². The van der Waals surface area contributed by atoms with Crippen LogP contribution in [-0.2, 0) is 9.47 Å². The van der Waals surface area contributed by atoms with Crippen molar-refractivity contribution in [2.45, 2.75) is 32.4 Å². The van der Waals surface area contributed by atoms with Gasteiger partial charge in [0.05, 0.1) is 12.5 Å². The van der Waals surface area contributed by atoms with Crippen LogP contribution in [0.3, 0.4) is 0 Å². The molecule has 1 aromatic carbocycles. The highest BCUT2D eigenvalue weighted by Crippen LogP contribution is 2.35. The molecule has 0 spiro atoms. The molecule has 0 amide bonds. The molecule has 1 aliphatic heterocycles. The smallest absolute Gasteiger partial charge is 0.188 e. The average Bonchev–Trinajstić information content (AvgIpc) is 3.45. The predicted molar refractivity (Wildman–Crippen MR) is 115 cm³/mol. The van der Waals surface area contributed by atoms with E-state index < -0.39 is 0 Å². The first-order chi connectivity index (χ1) is 15.2. The van der Waals surface area contributed by atoms with Gasteiger partial charge in [-0.15, -0.1) is 10.2 Å². The number of ether oxygens (including phenoxy) is 3. The zero-order valence-corrected chi connectivity index (χ0v) is 17.6. The largest absolute Gasteiger partial charge is 0.467 e. The van der Waals surface area contributed by atoms with E-state index in [9.17, 15) is 0 Å². The van der Waals surface area contributed by atoms with E-state index in [1.54, 1.807) is 13.4 Å². The quantitative estimate of drug-likeness (QED) is 0.416. The number of aryl methyl sites for hydroxylation is 1. The van der Waals surface area contributed by atoms with Gasteiger partial charge in [-0.1, -0.05) is 6.07 Å². The van der Waals surface area contributed by atoms with E-state index in [-0.39, 0.29) is 13.0 Å². The van der Waals surface area contributed by atoms with Gasteiger partial charge in [-0.3, -0.25) is 0 Å². The maximum Gasteiger partial charge on any atom is 0.188 e. The predicted octanol–water partition coefficient (Wildman–Crippen LogP) is 4.74. The van der Waals surface area contributed by atoms with Crippen molar-refractivity contribution in [1.82, 2.24) is 20.0 Å². The Morgan fingerprint density at radius 1 is 1.16 bits per heavy atom. The van der Waals surface area contributed by atoms with Crippen molar-refractivity contribution in [1.29, 1.82) is 0 Å². The summed E-state index contributed by atoms with van der Waals surface area (Å²) >= 11 is 0. The number of rotatable bonds is 6. The summed E-state index contributed by atoms with van der Waals surface area (Å²) in [7, 11) is 1.59. The highest BCUT2D eigenvalue weighted by molar-refractivity contribution is 5.82. The molecule has 1 unspecified atom stereocenters. The van der Waals surface area contributed by atoms with Crippen LogP contribution in [0.2, 0.25) is 0 Å². The van der Waals surface area contributed by atoms with Gasteiger partial charge in [0.2, 0.25) is 0 Å². The number of hydrogen-bond donors (Lipinski definition) is 0. The van der Waals surface area contributed by atoms with Crippen molar-refractivity contribution in [3.63, 3.8) is 0 Å². The molecule has 5 rings (SSSR count). The van der Waals surface area contributed by atoms with Gasteiger partial charge >= 0.3 is 0 Å². The molecular formula is C23H24N4O4. The lowest BCUT2D eigenvalue weighted by Crippen LogP contribution is -2.18. The lowest BCUT2D eigenvalue weighted by atomic mass is 10.0. The zero-order chi connectivity index (χ0) is 21.2. The van der Waals surface area contributed by atoms with E-state index in [1.807, 2.05) is 48.3 Å². The Morgan fingerprint density at radius 3 is 2.94 bits per heavy atom. The van der Waals surface area contributed by atoms with Gasteiger partial charge < -0.3 is 18.6 Å². The van der Waals surface area contributed by atoms with Crippen LogP contribution >= 0.6 is 0 Å². The summed E-state index contributed by atoms with van der Waals surface area (Å²) in [5, 5.41) is 13.2. The Hall–Kier alpha value is -3.23. The minimum atomic E-state index is 0.00439. The van der Waals surface area contributed by atoms with Crippen LogP contribution in [0.1, 0.15) is 31.1 Å². The molecule has 1 saturated heterocycles. The molecule has 1 fully saturated rings. The number of fused-ring (bicyclic) bond motifs is 1. The number of nitrogens with zero attached hydrogens (tertiary/aromatic N) is 4.